The topological polar surface area (TPSA) is 64.6 Å². The van der Waals surface area contributed by atoms with Crippen molar-refractivity contribution < 1.29 is 19.1 Å². The molecular formula is C15H11NO4. The molecule has 3 rings (SSSR count). The number of imide groups is 1. The minimum absolute atomic E-state index is 0.142. The quantitative estimate of drug-likeness (QED) is 0.847. The zero-order valence-corrected chi connectivity index (χ0v) is 10.5. The van der Waals surface area contributed by atoms with E-state index in [2.05, 4.69) is 5.32 Å². The van der Waals surface area contributed by atoms with Crippen LogP contribution < -0.4 is 14.8 Å². The van der Waals surface area contributed by atoms with Crippen LogP contribution in [0.1, 0.15) is 20.7 Å². The minimum atomic E-state index is -0.475. The molecule has 1 aliphatic heterocycles. The highest BCUT2D eigenvalue weighted by atomic mass is 16.7. The Morgan fingerprint density at radius 3 is 2.35 bits per heavy atom. The first-order valence-corrected chi connectivity index (χ1v) is 6.04. The number of rotatable bonds is 2. The standard InChI is InChI=1S/C15H11NO4/c17-14(10-4-2-1-3-5-10)16-15(18)11-6-7-12-13(8-11)20-9-19-12/h1-8H,9H2,(H,16,17,18). The number of hydrogen-bond donors (Lipinski definition) is 1. The Labute approximate surface area is 115 Å². The first-order chi connectivity index (χ1) is 9.74. The highest BCUT2D eigenvalue weighted by molar-refractivity contribution is 6.10. The van der Waals surface area contributed by atoms with Gasteiger partial charge in [0.2, 0.25) is 6.79 Å². The van der Waals surface area contributed by atoms with Crippen molar-refractivity contribution in [3.05, 3.63) is 59.7 Å². The van der Waals surface area contributed by atoms with Gasteiger partial charge < -0.3 is 9.47 Å². The van der Waals surface area contributed by atoms with Crippen LogP contribution in [-0.4, -0.2) is 18.6 Å². The van der Waals surface area contributed by atoms with Crippen molar-refractivity contribution in [1.82, 2.24) is 5.32 Å². The molecular weight excluding hydrogens is 258 g/mol. The summed E-state index contributed by atoms with van der Waals surface area (Å²) < 4.78 is 10.4. The minimum Gasteiger partial charge on any atom is -0.454 e. The number of carbonyl (C=O) groups excluding carboxylic acids is 2. The highest BCUT2D eigenvalue weighted by Gasteiger charge is 2.17. The third-order valence-corrected chi connectivity index (χ3v) is 2.90. The number of amides is 2. The summed E-state index contributed by atoms with van der Waals surface area (Å²) in [7, 11) is 0. The van der Waals surface area contributed by atoms with Gasteiger partial charge in [0.05, 0.1) is 0 Å². The summed E-state index contributed by atoms with van der Waals surface area (Å²) >= 11 is 0. The van der Waals surface area contributed by atoms with Gasteiger partial charge in [-0.1, -0.05) is 18.2 Å². The fourth-order valence-electron chi connectivity index (χ4n) is 1.87. The molecule has 1 aliphatic rings. The van der Waals surface area contributed by atoms with Crippen molar-refractivity contribution in [3.63, 3.8) is 0 Å². The maximum atomic E-state index is 12.0. The summed E-state index contributed by atoms with van der Waals surface area (Å²) in [4.78, 5) is 23.9. The van der Waals surface area contributed by atoms with Crippen molar-refractivity contribution in [2.45, 2.75) is 0 Å². The van der Waals surface area contributed by atoms with Gasteiger partial charge >= 0.3 is 0 Å². The second-order valence-corrected chi connectivity index (χ2v) is 4.22. The Bertz CT molecular complexity index is 667. The van der Waals surface area contributed by atoms with Crippen LogP contribution in [0, 0.1) is 0 Å². The molecule has 0 aromatic heterocycles. The second-order valence-electron chi connectivity index (χ2n) is 4.22. The normalized spacial score (nSPS) is 12.0. The molecule has 5 heteroatoms. The largest absolute Gasteiger partial charge is 0.454 e. The monoisotopic (exact) mass is 269 g/mol. The van der Waals surface area contributed by atoms with Gasteiger partial charge in [-0.05, 0) is 30.3 Å². The summed E-state index contributed by atoms with van der Waals surface area (Å²) in [6.45, 7) is 0.142. The maximum Gasteiger partial charge on any atom is 0.258 e. The Balaban J connectivity index is 1.75. The Morgan fingerprint density at radius 2 is 1.55 bits per heavy atom. The molecule has 0 atom stereocenters. The first-order valence-electron chi connectivity index (χ1n) is 6.04. The van der Waals surface area contributed by atoms with Gasteiger partial charge in [0.25, 0.3) is 11.8 Å². The fraction of sp³-hybridized carbons (Fsp3) is 0.0667. The summed E-state index contributed by atoms with van der Waals surface area (Å²) in [6.07, 6.45) is 0. The van der Waals surface area contributed by atoms with Crippen molar-refractivity contribution >= 4 is 11.8 Å². The summed E-state index contributed by atoms with van der Waals surface area (Å²) in [6, 6.07) is 13.3. The van der Waals surface area contributed by atoms with Crippen LogP contribution >= 0.6 is 0 Å². The summed E-state index contributed by atoms with van der Waals surface area (Å²) in [5.74, 6) is 0.186. The fourth-order valence-corrected chi connectivity index (χ4v) is 1.87. The molecule has 0 spiro atoms. The molecule has 0 saturated carbocycles. The summed E-state index contributed by atoms with van der Waals surface area (Å²) in [5, 5.41) is 2.33. The van der Waals surface area contributed by atoms with E-state index in [1.807, 2.05) is 0 Å². The van der Waals surface area contributed by atoms with Gasteiger partial charge in [0, 0.05) is 11.1 Å². The Kier molecular flexibility index (Phi) is 3.09. The van der Waals surface area contributed by atoms with E-state index >= 15 is 0 Å². The Hall–Kier alpha value is -2.82. The molecule has 0 radical (unpaired) electrons. The summed E-state index contributed by atoms with van der Waals surface area (Å²) in [5.41, 5.74) is 0.778. The number of ether oxygens (including phenoxy) is 2. The van der Waals surface area contributed by atoms with E-state index in [0.717, 1.165) is 0 Å². The van der Waals surface area contributed by atoms with E-state index in [1.165, 1.54) is 0 Å². The lowest BCUT2D eigenvalue weighted by molar-refractivity contribution is 0.0849. The predicted molar refractivity (Wildman–Crippen MR) is 70.8 cm³/mol. The van der Waals surface area contributed by atoms with Crippen molar-refractivity contribution in [3.8, 4) is 11.5 Å². The third-order valence-electron chi connectivity index (χ3n) is 2.90. The van der Waals surface area contributed by atoms with Gasteiger partial charge in [-0.15, -0.1) is 0 Å². The van der Waals surface area contributed by atoms with Crippen LogP contribution in [0.25, 0.3) is 0 Å². The maximum absolute atomic E-state index is 12.0. The first kappa shape index (κ1) is 12.2. The third kappa shape index (κ3) is 2.33. The van der Waals surface area contributed by atoms with E-state index in [9.17, 15) is 9.59 Å². The number of carbonyl (C=O) groups is 2. The van der Waals surface area contributed by atoms with Gasteiger partial charge in [-0.3, -0.25) is 14.9 Å². The van der Waals surface area contributed by atoms with E-state index in [0.29, 0.717) is 22.6 Å². The molecule has 0 aliphatic carbocycles. The lowest BCUT2D eigenvalue weighted by Gasteiger charge is -2.05. The molecule has 1 N–H and O–H groups in total. The SMILES string of the molecule is O=C(NC(=O)c1ccc2c(c1)OCO2)c1ccccc1. The number of nitrogens with one attached hydrogen (secondary N) is 1. The van der Waals surface area contributed by atoms with Crippen molar-refractivity contribution in [2.24, 2.45) is 0 Å². The second kappa shape index (κ2) is 5.05. The van der Waals surface area contributed by atoms with Crippen molar-refractivity contribution in [2.75, 3.05) is 6.79 Å². The molecule has 0 fully saturated rings. The molecule has 0 saturated heterocycles. The molecule has 0 bridgehead atoms. The van der Waals surface area contributed by atoms with E-state index in [-0.39, 0.29) is 6.79 Å². The average molecular weight is 269 g/mol. The molecule has 2 aromatic carbocycles. The zero-order valence-electron chi connectivity index (χ0n) is 10.5. The molecule has 100 valence electrons. The molecule has 5 nitrogen and oxygen atoms in total. The van der Waals surface area contributed by atoms with Crippen LogP contribution in [0.2, 0.25) is 0 Å². The molecule has 20 heavy (non-hydrogen) atoms. The number of fused-ring (bicyclic) bond motifs is 1. The van der Waals surface area contributed by atoms with Gasteiger partial charge in [-0.2, -0.15) is 0 Å². The smallest absolute Gasteiger partial charge is 0.258 e. The molecule has 2 amide bonds. The van der Waals surface area contributed by atoms with Gasteiger partial charge in [0.1, 0.15) is 0 Å². The van der Waals surface area contributed by atoms with Crippen molar-refractivity contribution in [1.29, 1.82) is 0 Å². The van der Waals surface area contributed by atoms with Crippen LogP contribution in [0.15, 0.2) is 48.5 Å². The lowest BCUT2D eigenvalue weighted by Crippen LogP contribution is -2.30. The van der Waals surface area contributed by atoms with E-state index < -0.39 is 11.8 Å². The van der Waals surface area contributed by atoms with E-state index in [1.54, 1.807) is 48.5 Å². The molecule has 0 unspecified atom stereocenters. The number of benzene rings is 2. The zero-order chi connectivity index (χ0) is 13.9. The van der Waals surface area contributed by atoms with Gasteiger partial charge in [0.15, 0.2) is 11.5 Å². The number of hydrogen-bond acceptors (Lipinski definition) is 4. The predicted octanol–water partition coefficient (Wildman–Crippen LogP) is 1.99. The van der Waals surface area contributed by atoms with Crippen LogP contribution in [0.3, 0.4) is 0 Å². The Morgan fingerprint density at radius 1 is 0.850 bits per heavy atom. The van der Waals surface area contributed by atoms with Crippen LogP contribution in [-0.2, 0) is 0 Å². The van der Waals surface area contributed by atoms with Crippen LogP contribution in [0.5, 0.6) is 11.5 Å². The van der Waals surface area contributed by atoms with Gasteiger partial charge in [-0.25, -0.2) is 0 Å². The average Bonchev–Trinajstić information content (AvgIpc) is 2.95. The van der Waals surface area contributed by atoms with Crippen LogP contribution in [0.4, 0.5) is 0 Å². The highest BCUT2D eigenvalue weighted by Crippen LogP contribution is 2.32. The molecule has 1 heterocycles. The lowest BCUT2D eigenvalue weighted by atomic mass is 10.1. The molecule has 2 aromatic rings. The van der Waals surface area contributed by atoms with E-state index in [4.69, 9.17) is 9.47 Å².